The maximum atomic E-state index is 11.9. The van der Waals surface area contributed by atoms with E-state index in [2.05, 4.69) is 4.98 Å². The van der Waals surface area contributed by atoms with Gasteiger partial charge in [0, 0.05) is 18.2 Å². The van der Waals surface area contributed by atoms with Crippen molar-refractivity contribution in [3.63, 3.8) is 0 Å². The summed E-state index contributed by atoms with van der Waals surface area (Å²) in [6.45, 7) is 3.13. The Bertz CT molecular complexity index is 578. The van der Waals surface area contributed by atoms with Gasteiger partial charge in [-0.25, -0.2) is 4.79 Å². The molecule has 2 heterocycles. The van der Waals surface area contributed by atoms with Crippen LogP contribution in [-0.4, -0.2) is 38.6 Å². The van der Waals surface area contributed by atoms with Gasteiger partial charge in [-0.15, -0.1) is 0 Å². The molecule has 7 heteroatoms. The van der Waals surface area contributed by atoms with Crippen molar-refractivity contribution >= 4 is 0 Å². The highest BCUT2D eigenvalue weighted by Gasteiger charge is 2.44. The minimum absolute atomic E-state index is 0.174. The van der Waals surface area contributed by atoms with Gasteiger partial charge in [-0.1, -0.05) is 6.92 Å². The van der Waals surface area contributed by atoms with Crippen LogP contribution in [0.25, 0.3) is 0 Å². The molecule has 0 bridgehead atoms. The number of aromatic nitrogens is 2. The summed E-state index contributed by atoms with van der Waals surface area (Å²) in [7, 11) is 0. The fraction of sp³-hybridized carbons (Fsp3) is 0.667. The van der Waals surface area contributed by atoms with Gasteiger partial charge in [-0.05, 0) is 13.3 Å². The smallest absolute Gasteiger partial charge is 0.330 e. The molecule has 0 saturated carbocycles. The van der Waals surface area contributed by atoms with Crippen molar-refractivity contribution in [2.24, 2.45) is 0 Å². The van der Waals surface area contributed by atoms with Gasteiger partial charge in [-0.2, -0.15) is 0 Å². The van der Waals surface area contributed by atoms with Gasteiger partial charge in [0.2, 0.25) is 0 Å². The summed E-state index contributed by atoms with van der Waals surface area (Å²) in [6, 6.07) is 0. The molecule has 0 radical (unpaired) electrons. The van der Waals surface area contributed by atoms with Crippen LogP contribution in [0.3, 0.4) is 0 Å². The average Bonchev–Trinajstić information content (AvgIpc) is 2.65. The number of rotatable bonds is 3. The molecule has 7 nitrogen and oxygen atoms in total. The van der Waals surface area contributed by atoms with Gasteiger partial charge in [0.25, 0.3) is 5.56 Å². The maximum Gasteiger partial charge on any atom is 0.330 e. The van der Waals surface area contributed by atoms with Gasteiger partial charge in [0.1, 0.15) is 11.8 Å². The summed E-state index contributed by atoms with van der Waals surface area (Å²) in [5.74, 6) is 0. The quantitative estimate of drug-likeness (QED) is 0.647. The molecule has 1 aliphatic heterocycles. The first-order valence-electron chi connectivity index (χ1n) is 6.23. The first kappa shape index (κ1) is 14.0. The van der Waals surface area contributed by atoms with Gasteiger partial charge >= 0.3 is 5.69 Å². The van der Waals surface area contributed by atoms with Crippen LogP contribution in [0, 0.1) is 0 Å². The summed E-state index contributed by atoms with van der Waals surface area (Å²) in [5, 5.41) is 18.9. The SMILES string of the molecule is CCc1cn(C2(C)C[C@H](O)[C@@H](CO)O2)c(=O)[nH]c1=O. The average molecular weight is 270 g/mol. The molecule has 1 unspecified atom stereocenters. The van der Waals surface area contributed by atoms with E-state index >= 15 is 0 Å². The largest absolute Gasteiger partial charge is 0.394 e. The summed E-state index contributed by atoms with van der Waals surface area (Å²) in [4.78, 5) is 25.6. The highest BCUT2D eigenvalue weighted by Crippen LogP contribution is 2.33. The predicted octanol–water partition coefficient (Wildman–Crippen LogP) is -1.09. The van der Waals surface area contributed by atoms with E-state index in [0.29, 0.717) is 12.0 Å². The van der Waals surface area contributed by atoms with Gasteiger partial charge in [-0.3, -0.25) is 14.3 Å². The Labute approximate surface area is 109 Å². The fourth-order valence-corrected chi connectivity index (χ4v) is 2.40. The van der Waals surface area contributed by atoms with Crippen LogP contribution in [-0.2, 0) is 16.9 Å². The lowest BCUT2D eigenvalue weighted by Gasteiger charge is -2.26. The van der Waals surface area contributed by atoms with Crippen molar-refractivity contribution in [3.8, 4) is 0 Å². The Morgan fingerprint density at radius 3 is 2.79 bits per heavy atom. The zero-order valence-electron chi connectivity index (χ0n) is 10.9. The van der Waals surface area contributed by atoms with E-state index in [9.17, 15) is 14.7 Å². The molecule has 3 N–H and O–H groups in total. The number of hydrogen-bond acceptors (Lipinski definition) is 5. The van der Waals surface area contributed by atoms with E-state index in [1.807, 2.05) is 6.92 Å². The molecule has 1 aromatic heterocycles. The van der Waals surface area contributed by atoms with Crippen LogP contribution >= 0.6 is 0 Å². The third kappa shape index (κ3) is 2.36. The van der Waals surface area contributed by atoms with Gasteiger partial charge in [0.05, 0.1) is 12.7 Å². The molecule has 106 valence electrons. The van der Waals surface area contributed by atoms with Crippen molar-refractivity contribution in [1.29, 1.82) is 0 Å². The molecule has 0 aromatic carbocycles. The normalized spacial score (nSPS) is 30.7. The molecule has 3 atom stereocenters. The molecular weight excluding hydrogens is 252 g/mol. The molecule has 19 heavy (non-hydrogen) atoms. The topological polar surface area (TPSA) is 105 Å². The Kier molecular flexibility index (Phi) is 3.62. The molecular formula is C12H18N2O5. The number of ether oxygens (including phenoxy) is 1. The summed E-state index contributed by atoms with van der Waals surface area (Å²) >= 11 is 0. The Balaban J connectivity index is 2.48. The number of aromatic amines is 1. The van der Waals surface area contributed by atoms with Crippen molar-refractivity contribution in [2.45, 2.75) is 44.6 Å². The Morgan fingerprint density at radius 1 is 1.58 bits per heavy atom. The molecule has 0 spiro atoms. The van der Waals surface area contributed by atoms with Crippen molar-refractivity contribution in [2.75, 3.05) is 6.61 Å². The number of H-pyrrole nitrogens is 1. The minimum atomic E-state index is -1.07. The zero-order valence-corrected chi connectivity index (χ0v) is 10.9. The zero-order chi connectivity index (χ0) is 14.2. The lowest BCUT2D eigenvalue weighted by molar-refractivity contribution is -0.108. The number of aliphatic hydroxyl groups is 2. The van der Waals surface area contributed by atoms with Crippen LogP contribution in [0.1, 0.15) is 25.8 Å². The molecule has 1 fully saturated rings. The van der Waals surface area contributed by atoms with Crippen molar-refractivity contribution < 1.29 is 14.9 Å². The molecule has 1 saturated heterocycles. The van der Waals surface area contributed by atoms with E-state index in [0.717, 1.165) is 0 Å². The first-order chi connectivity index (χ1) is 8.91. The highest BCUT2D eigenvalue weighted by molar-refractivity contribution is 5.06. The summed E-state index contributed by atoms with van der Waals surface area (Å²) < 4.78 is 6.83. The van der Waals surface area contributed by atoms with Crippen LogP contribution in [0.15, 0.2) is 15.8 Å². The molecule has 0 aliphatic carbocycles. The highest BCUT2D eigenvalue weighted by atomic mass is 16.6. The number of nitrogens with zero attached hydrogens (tertiary/aromatic N) is 1. The Morgan fingerprint density at radius 2 is 2.26 bits per heavy atom. The second-order valence-electron chi connectivity index (χ2n) is 4.92. The summed E-state index contributed by atoms with van der Waals surface area (Å²) in [5.41, 5.74) is -1.61. The number of aryl methyl sites for hydroxylation is 1. The van der Waals surface area contributed by atoms with E-state index < -0.39 is 29.2 Å². The lowest BCUT2D eigenvalue weighted by Crippen LogP contribution is -2.43. The molecule has 0 amide bonds. The number of hydrogen-bond donors (Lipinski definition) is 3. The van der Waals surface area contributed by atoms with Crippen LogP contribution < -0.4 is 11.2 Å². The molecule has 1 aromatic rings. The van der Waals surface area contributed by atoms with E-state index in [1.165, 1.54) is 10.8 Å². The fourth-order valence-electron chi connectivity index (χ4n) is 2.40. The van der Waals surface area contributed by atoms with E-state index in [1.54, 1.807) is 6.92 Å². The molecule has 1 aliphatic rings. The van der Waals surface area contributed by atoms with E-state index in [4.69, 9.17) is 9.84 Å². The van der Waals surface area contributed by atoms with Crippen molar-refractivity contribution in [3.05, 3.63) is 32.6 Å². The second-order valence-corrected chi connectivity index (χ2v) is 4.92. The number of nitrogens with one attached hydrogen (secondary N) is 1. The predicted molar refractivity (Wildman–Crippen MR) is 66.9 cm³/mol. The third-order valence-electron chi connectivity index (χ3n) is 3.51. The van der Waals surface area contributed by atoms with Crippen LogP contribution in [0.5, 0.6) is 0 Å². The first-order valence-corrected chi connectivity index (χ1v) is 6.23. The lowest BCUT2D eigenvalue weighted by atomic mass is 10.1. The minimum Gasteiger partial charge on any atom is -0.394 e. The maximum absolute atomic E-state index is 11.9. The second kappa shape index (κ2) is 4.92. The van der Waals surface area contributed by atoms with E-state index in [-0.39, 0.29) is 13.0 Å². The van der Waals surface area contributed by atoms with Crippen LogP contribution in [0.2, 0.25) is 0 Å². The Hall–Kier alpha value is -1.44. The van der Waals surface area contributed by atoms with Gasteiger partial charge < -0.3 is 14.9 Å². The summed E-state index contributed by atoms with van der Waals surface area (Å²) in [6.07, 6.45) is 0.534. The number of aliphatic hydroxyl groups excluding tert-OH is 2. The standard InChI is InChI=1S/C12H18N2O5/c1-3-7-5-14(11(18)13-10(7)17)12(2)4-8(16)9(6-15)19-12/h5,8-9,15-16H,3-4,6H2,1-2H3,(H,13,17,18)/t8-,9+,12?/m0/s1. The molecule has 2 rings (SSSR count). The third-order valence-corrected chi connectivity index (χ3v) is 3.51. The monoisotopic (exact) mass is 270 g/mol. The van der Waals surface area contributed by atoms with Crippen molar-refractivity contribution in [1.82, 2.24) is 9.55 Å². The van der Waals surface area contributed by atoms with Gasteiger partial charge in [0.15, 0.2) is 0 Å². The van der Waals surface area contributed by atoms with Crippen LogP contribution in [0.4, 0.5) is 0 Å².